The van der Waals surface area contributed by atoms with E-state index in [4.69, 9.17) is 9.05 Å². The van der Waals surface area contributed by atoms with Crippen LogP contribution in [0.2, 0.25) is 0 Å². The number of likely N-dealkylation sites (N-methyl/N-ethyl adjacent to an activating group) is 1. The number of phosphoric ester groups is 1. The molecule has 0 bridgehead atoms. The summed E-state index contributed by atoms with van der Waals surface area (Å²) in [6.45, 7) is 4.91. The van der Waals surface area contributed by atoms with Crippen LogP contribution in [0.4, 0.5) is 0 Å². The van der Waals surface area contributed by atoms with Crippen LogP contribution >= 0.6 is 7.82 Å². The molecular weight excluding hydrogens is 756 g/mol. The Hall–Kier alpha value is -0.760. The average Bonchev–Trinajstić information content (AvgIpc) is 3.19. The van der Waals surface area contributed by atoms with Crippen molar-refractivity contribution in [3.8, 4) is 0 Å². The number of aliphatic hydroxyl groups is 1. The lowest BCUT2D eigenvalue weighted by Crippen LogP contribution is -2.46. The summed E-state index contributed by atoms with van der Waals surface area (Å²) in [5.41, 5.74) is 0. The van der Waals surface area contributed by atoms with E-state index in [0.717, 1.165) is 38.5 Å². The standard InChI is InChI=1S/C50H101N2O6P/c1-6-8-10-12-14-16-18-20-22-24-26-27-29-31-33-35-37-39-41-43-49(53)48(47-58-59(55,56)57-46-45-52(3,4)5)51-50(54)44-42-40-38-36-34-32-30-28-25-23-21-19-17-15-13-11-9-7-2/h23,25,48-49,53H,6-22,24,26-47H2,1-5H3,(H-,51,54,55,56)/p+1/b25-23-. The number of allylic oxidation sites excluding steroid dienone is 2. The topological polar surface area (TPSA) is 105 Å². The summed E-state index contributed by atoms with van der Waals surface area (Å²) >= 11 is 0. The van der Waals surface area contributed by atoms with Crippen LogP contribution in [0.3, 0.4) is 0 Å². The summed E-state index contributed by atoms with van der Waals surface area (Å²) in [6.07, 6.45) is 49.5. The van der Waals surface area contributed by atoms with Gasteiger partial charge in [0.25, 0.3) is 0 Å². The molecule has 0 rings (SSSR count). The van der Waals surface area contributed by atoms with Gasteiger partial charge in [-0.3, -0.25) is 13.8 Å². The Kier molecular flexibility index (Phi) is 42.0. The maximum atomic E-state index is 12.9. The number of hydrogen-bond acceptors (Lipinski definition) is 5. The molecular formula is C50H102N2O6P+. The molecule has 0 aliphatic heterocycles. The van der Waals surface area contributed by atoms with Crippen molar-refractivity contribution in [1.82, 2.24) is 5.32 Å². The number of quaternary nitrogens is 1. The highest BCUT2D eigenvalue weighted by atomic mass is 31.2. The number of nitrogens with one attached hydrogen (secondary N) is 1. The number of aliphatic hydroxyl groups excluding tert-OH is 1. The largest absolute Gasteiger partial charge is 0.472 e. The Bertz CT molecular complexity index is 974. The van der Waals surface area contributed by atoms with Gasteiger partial charge in [0.1, 0.15) is 13.2 Å². The van der Waals surface area contributed by atoms with E-state index in [1.54, 1.807) is 0 Å². The van der Waals surface area contributed by atoms with Gasteiger partial charge in [-0.2, -0.15) is 0 Å². The highest BCUT2D eigenvalue weighted by molar-refractivity contribution is 7.47. The normalized spacial score (nSPS) is 14.2. The van der Waals surface area contributed by atoms with Gasteiger partial charge in [-0.15, -0.1) is 0 Å². The van der Waals surface area contributed by atoms with Gasteiger partial charge in [0, 0.05) is 6.42 Å². The number of hydrogen-bond donors (Lipinski definition) is 3. The van der Waals surface area contributed by atoms with E-state index in [1.807, 2.05) is 21.1 Å². The molecule has 0 aromatic rings. The molecule has 0 aromatic heterocycles. The van der Waals surface area contributed by atoms with Crippen LogP contribution in [0.1, 0.15) is 251 Å². The summed E-state index contributed by atoms with van der Waals surface area (Å²) in [7, 11) is 1.62. The van der Waals surface area contributed by atoms with Crippen LogP contribution < -0.4 is 5.32 Å². The Morgan fingerprint density at radius 1 is 0.559 bits per heavy atom. The molecule has 0 aromatic carbocycles. The molecule has 8 nitrogen and oxygen atoms in total. The average molecular weight is 858 g/mol. The van der Waals surface area contributed by atoms with Crippen LogP contribution in [0.25, 0.3) is 0 Å². The molecule has 0 spiro atoms. The maximum absolute atomic E-state index is 12.9. The predicted octanol–water partition coefficient (Wildman–Crippen LogP) is 14.7. The number of nitrogens with zero attached hydrogens (tertiary/aromatic N) is 1. The summed E-state index contributed by atoms with van der Waals surface area (Å²) in [5, 5.41) is 14.0. The molecule has 0 saturated carbocycles. The Balaban J connectivity index is 4.26. The van der Waals surface area contributed by atoms with Crippen molar-refractivity contribution in [3.05, 3.63) is 12.2 Å². The quantitative estimate of drug-likeness (QED) is 0.0244. The van der Waals surface area contributed by atoms with E-state index < -0.39 is 20.0 Å². The molecule has 0 aliphatic rings. The van der Waals surface area contributed by atoms with Crippen molar-refractivity contribution in [2.75, 3.05) is 40.9 Å². The maximum Gasteiger partial charge on any atom is 0.472 e. The lowest BCUT2D eigenvalue weighted by Gasteiger charge is -2.26. The number of carbonyl (C=O) groups is 1. The molecule has 1 amide bonds. The van der Waals surface area contributed by atoms with Gasteiger partial charge >= 0.3 is 7.82 Å². The van der Waals surface area contributed by atoms with E-state index in [1.165, 1.54) is 186 Å². The van der Waals surface area contributed by atoms with Gasteiger partial charge < -0.3 is 19.8 Å². The molecule has 9 heteroatoms. The summed E-state index contributed by atoms with van der Waals surface area (Å²) in [4.78, 5) is 23.2. The minimum absolute atomic E-state index is 0.0760. The molecule has 352 valence electrons. The van der Waals surface area contributed by atoms with Gasteiger partial charge in [0.05, 0.1) is 39.9 Å². The number of rotatable bonds is 47. The fourth-order valence-corrected chi connectivity index (χ4v) is 8.43. The first-order valence-corrected chi connectivity index (χ1v) is 27.0. The summed E-state index contributed by atoms with van der Waals surface area (Å²) in [6, 6.07) is -0.759. The number of phosphoric acid groups is 1. The molecule has 0 aliphatic carbocycles. The van der Waals surface area contributed by atoms with E-state index in [-0.39, 0.29) is 19.1 Å². The molecule has 0 fully saturated rings. The van der Waals surface area contributed by atoms with E-state index >= 15 is 0 Å². The van der Waals surface area contributed by atoms with Gasteiger partial charge in [-0.05, 0) is 38.5 Å². The van der Waals surface area contributed by atoms with Crippen molar-refractivity contribution < 1.29 is 32.9 Å². The van der Waals surface area contributed by atoms with E-state index in [9.17, 15) is 19.4 Å². The Labute approximate surface area is 367 Å². The molecule has 0 saturated heterocycles. The second-order valence-electron chi connectivity index (χ2n) is 18.9. The fourth-order valence-electron chi connectivity index (χ4n) is 7.69. The molecule has 3 atom stereocenters. The third-order valence-corrected chi connectivity index (χ3v) is 12.7. The van der Waals surface area contributed by atoms with Crippen LogP contribution in [0, 0.1) is 0 Å². The van der Waals surface area contributed by atoms with Crippen LogP contribution in [0.15, 0.2) is 12.2 Å². The lowest BCUT2D eigenvalue weighted by molar-refractivity contribution is -0.870. The number of unbranched alkanes of at least 4 members (excludes halogenated alkanes) is 32. The van der Waals surface area contributed by atoms with Crippen molar-refractivity contribution >= 4 is 13.7 Å². The van der Waals surface area contributed by atoms with Gasteiger partial charge in [0.15, 0.2) is 0 Å². The minimum atomic E-state index is -4.32. The number of carbonyl (C=O) groups excluding carboxylic acids is 1. The smallest absolute Gasteiger partial charge is 0.391 e. The fraction of sp³-hybridized carbons (Fsp3) is 0.940. The minimum Gasteiger partial charge on any atom is -0.391 e. The van der Waals surface area contributed by atoms with Crippen molar-refractivity contribution in [3.63, 3.8) is 0 Å². The second-order valence-corrected chi connectivity index (χ2v) is 20.4. The summed E-state index contributed by atoms with van der Waals surface area (Å²) < 4.78 is 23.7. The first-order valence-electron chi connectivity index (χ1n) is 25.6. The molecule has 0 heterocycles. The monoisotopic (exact) mass is 858 g/mol. The highest BCUT2D eigenvalue weighted by Crippen LogP contribution is 2.43. The van der Waals surface area contributed by atoms with Crippen molar-refractivity contribution in [1.29, 1.82) is 0 Å². The lowest BCUT2D eigenvalue weighted by atomic mass is 10.0. The highest BCUT2D eigenvalue weighted by Gasteiger charge is 2.28. The van der Waals surface area contributed by atoms with Gasteiger partial charge in [0.2, 0.25) is 5.91 Å². The summed E-state index contributed by atoms with van der Waals surface area (Å²) in [5.74, 6) is -0.146. The van der Waals surface area contributed by atoms with E-state index in [2.05, 4.69) is 31.3 Å². The van der Waals surface area contributed by atoms with Gasteiger partial charge in [-0.1, -0.05) is 219 Å². The molecule has 3 N–H and O–H groups in total. The zero-order valence-corrected chi connectivity index (χ0v) is 40.9. The van der Waals surface area contributed by atoms with Crippen LogP contribution in [0.5, 0.6) is 0 Å². The predicted molar refractivity (Wildman–Crippen MR) is 254 cm³/mol. The third kappa shape index (κ3) is 45.1. The zero-order valence-electron chi connectivity index (χ0n) is 40.0. The first-order chi connectivity index (χ1) is 28.5. The zero-order chi connectivity index (χ0) is 43.6. The second kappa shape index (κ2) is 42.5. The SMILES string of the molecule is CCCCCCCCC/C=C\CCCCCCCCCC(=O)NC(COP(=O)(O)OCC[N+](C)(C)C)C(O)CCCCCCCCCCCCCCCCCCCCC. The Morgan fingerprint density at radius 3 is 1.31 bits per heavy atom. The first kappa shape index (κ1) is 58.2. The Morgan fingerprint density at radius 2 is 0.915 bits per heavy atom. The molecule has 3 unspecified atom stereocenters. The molecule has 0 radical (unpaired) electrons. The van der Waals surface area contributed by atoms with Crippen LogP contribution in [-0.2, 0) is 18.4 Å². The third-order valence-electron chi connectivity index (χ3n) is 11.8. The number of amides is 1. The molecule has 59 heavy (non-hydrogen) atoms. The van der Waals surface area contributed by atoms with Crippen molar-refractivity contribution in [2.24, 2.45) is 0 Å². The van der Waals surface area contributed by atoms with Crippen LogP contribution in [-0.4, -0.2) is 73.4 Å². The van der Waals surface area contributed by atoms with E-state index in [0.29, 0.717) is 23.9 Å². The van der Waals surface area contributed by atoms with Gasteiger partial charge in [-0.25, -0.2) is 4.57 Å². The van der Waals surface area contributed by atoms with Crippen molar-refractivity contribution in [2.45, 2.75) is 264 Å².